The number of nitro benzene ring substituents is 1. The predicted molar refractivity (Wildman–Crippen MR) is 101 cm³/mol. The Kier molecular flexibility index (Phi) is 5.87. The second-order valence-electron chi connectivity index (χ2n) is 6.46. The maximum absolute atomic E-state index is 12.1. The molecule has 1 saturated carbocycles. The van der Waals surface area contributed by atoms with Crippen LogP contribution in [0.4, 0.5) is 17.2 Å². The van der Waals surface area contributed by atoms with Crippen LogP contribution >= 0.6 is 0 Å². The highest BCUT2D eigenvalue weighted by atomic mass is 16.6. The largest absolute Gasteiger partial charge is 0.452 e. The first-order valence-electron chi connectivity index (χ1n) is 8.96. The molecule has 1 aromatic heterocycles. The Labute approximate surface area is 161 Å². The fourth-order valence-electron chi connectivity index (χ4n) is 3.27. The minimum Gasteiger partial charge on any atom is -0.452 e. The van der Waals surface area contributed by atoms with Gasteiger partial charge in [-0.15, -0.1) is 0 Å². The smallest absolute Gasteiger partial charge is 0.338 e. The van der Waals surface area contributed by atoms with Crippen LogP contribution in [0.25, 0.3) is 0 Å². The molecule has 28 heavy (non-hydrogen) atoms. The van der Waals surface area contributed by atoms with Crippen molar-refractivity contribution in [1.82, 2.24) is 9.78 Å². The highest BCUT2D eigenvalue weighted by molar-refractivity contribution is 5.95. The van der Waals surface area contributed by atoms with E-state index in [-0.39, 0.29) is 23.0 Å². The first-order chi connectivity index (χ1) is 13.5. The molecule has 0 atom stereocenters. The van der Waals surface area contributed by atoms with E-state index in [1.54, 1.807) is 24.0 Å². The number of carbonyl (C=O) groups is 2. The molecule has 0 unspecified atom stereocenters. The summed E-state index contributed by atoms with van der Waals surface area (Å²) in [4.78, 5) is 34.8. The van der Waals surface area contributed by atoms with Crippen molar-refractivity contribution in [2.75, 3.05) is 24.3 Å². The molecule has 0 saturated heterocycles. The lowest BCUT2D eigenvalue weighted by Crippen LogP contribution is -2.23. The minimum absolute atomic E-state index is 0.00509. The molecule has 148 valence electrons. The van der Waals surface area contributed by atoms with Gasteiger partial charge in [-0.2, -0.15) is 5.10 Å². The number of amides is 1. The third-order valence-corrected chi connectivity index (χ3v) is 4.64. The molecular formula is C18H21N5O5. The van der Waals surface area contributed by atoms with E-state index in [2.05, 4.69) is 15.7 Å². The fourth-order valence-corrected chi connectivity index (χ4v) is 3.27. The lowest BCUT2D eigenvalue weighted by Gasteiger charge is -2.14. The molecule has 10 heteroatoms. The summed E-state index contributed by atoms with van der Waals surface area (Å²) in [6, 6.07) is 5.88. The maximum Gasteiger partial charge on any atom is 0.338 e. The van der Waals surface area contributed by atoms with E-state index in [4.69, 9.17) is 4.74 Å². The number of benzene rings is 1. The summed E-state index contributed by atoms with van der Waals surface area (Å²) in [5, 5.41) is 20.7. The number of aromatic nitrogens is 2. The van der Waals surface area contributed by atoms with Crippen LogP contribution in [0.2, 0.25) is 0 Å². The molecule has 2 N–H and O–H groups in total. The third kappa shape index (κ3) is 4.27. The molecule has 0 bridgehead atoms. The average Bonchev–Trinajstić information content (AvgIpc) is 3.37. The Hall–Kier alpha value is -3.43. The normalized spacial score (nSPS) is 13.9. The summed E-state index contributed by atoms with van der Waals surface area (Å²) in [5.74, 6) is -0.762. The number of nitrogens with zero attached hydrogens (tertiary/aromatic N) is 3. The molecule has 1 fully saturated rings. The fraction of sp³-hybridized carbons (Fsp3) is 0.389. The number of hydrogen-bond acceptors (Lipinski definition) is 7. The number of hydrogen-bond donors (Lipinski definition) is 2. The van der Waals surface area contributed by atoms with Gasteiger partial charge in [0.15, 0.2) is 6.61 Å². The lowest BCUT2D eigenvalue weighted by atomic mass is 10.1. The van der Waals surface area contributed by atoms with Crippen LogP contribution < -0.4 is 10.6 Å². The monoisotopic (exact) mass is 387 g/mol. The number of nitro groups is 1. The second-order valence-corrected chi connectivity index (χ2v) is 6.46. The summed E-state index contributed by atoms with van der Waals surface area (Å²) in [6.45, 7) is -0.504. The Morgan fingerprint density at radius 3 is 2.75 bits per heavy atom. The van der Waals surface area contributed by atoms with E-state index in [1.807, 2.05) is 0 Å². The van der Waals surface area contributed by atoms with Gasteiger partial charge in [0.1, 0.15) is 11.5 Å². The van der Waals surface area contributed by atoms with Crippen molar-refractivity contribution in [3.05, 3.63) is 46.1 Å². The number of esters is 1. The number of ether oxygens (including phenoxy) is 1. The molecule has 3 rings (SSSR count). The molecule has 0 aliphatic heterocycles. The zero-order valence-corrected chi connectivity index (χ0v) is 15.4. The Morgan fingerprint density at radius 2 is 2.07 bits per heavy atom. The van der Waals surface area contributed by atoms with Crippen molar-refractivity contribution in [2.24, 2.45) is 0 Å². The van der Waals surface area contributed by atoms with E-state index in [9.17, 15) is 19.7 Å². The second kappa shape index (κ2) is 8.51. The summed E-state index contributed by atoms with van der Waals surface area (Å²) < 4.78 is 6.77. The molecule has 1 aromatic carbocycles. The first kappa shape index (κ1) is 19.3. The van der Waals surface area contributed by atoms with E-state index in [0.29, 0.717) is 5.82 Å². The summed E-state index contributed by atoms with van der Waals surface area (Å²) in [6.07, 6.45) is 5.91. The Morgan fingerprint density at radius 1 is 1.32 bits per heavy atom. The van der Waals surface area contributed by atoms with E-state index >= 15 is 0 Å². The molecule has 1 aliphatic rings. The Bertz CT molecular complexity index is 888. The molecule has 0 spiro atoms. The van der Waals surface area contributed by atoms with E-state index < -0.39 is 23.4 Å². The highest BCUT2D eigenvalue weighted by Crippen LogP contribution is 2.31. The highest BCUT2D eigenvalue weighted by Gasteiger charge is 2.21. The van der Waals surface area contributed by atoms with Crippen molar-refractivity contribution in [1.29, 1.82) is 0 Å². The minimum atomic E-state index is -0.815. The first-order valence-corrected chi connectivity index (χ1v) is 8.96. The van der Waals surface area contributed by atoms with Gasteiger partial charge in [-0.1, -0.05) is 12.8 Å². The van der Waals surface area contributed by atoms with Crippen molar-refractivity contribution < 1.29 is 19.2 Å². The summed E-state index contributed by atoms with van der Waals surface area (Å²) >= 11 is 0. The third-order valence-electron chi connectivity index (χ3n) is 4.64. The molecular weight excluding hydrogens is 366 g/mol. The van der Waals surface area contributed by atoms with Crippen LogP contribution in [-0.2, 0) is 9.53 Å². The maximum atomic E-state index is 12.1. The number of anilines is 2. The zero-order valence-electron chi connectivity index (χ0n) is 15.4. The number of rotatable bonds is 7. The van der Waals surface area contributed by atoms with Crippen LogP contribution in [-0.4, -0.2) is 40.2 Å². The van der Waals surface area contributed by atoms with Crippen LogP contribution in [0.1, 0.15) is 42.1 Å². The molecule has 10 nitrogen and oxygen atoms in total. The average molecular weight is 387 g/mol. The van der Waals surface area contributed by atoms with Crippen LogP contribution in [0.3, 0.4) is 0 Å². The standard InChI is InChI=1S/C18H21N5O5/c1-19-14-7-6-12(10-15(14)23(26)27)18(25)28-11-17(24)21-16-8-9-20-22(16)13-4-2-3-5-13/h6-10,13,19H,2-5,11H2,1H3,(H,21,24). The van der Waals surface area contributed by atoms with E-state index in [0.717, 1.165) is 31.7 Å². The molecule has 1 amide bonds. The Balaban J connectivity index is 1.59. The quantitative estimate of drug-likeness (QED) is 0.424. The SMILES string of the molecule is CNc1ccc(C(=O)OCC(=O)Nc2ccnn2C2CCCC2)cc1[N+](=O)[O-]. The molecule has 1 aliphatic carbocycles. The van der Waals surface area contributed by atoms with Gasteiger partial charge in [-0.05, 0) is 25.0 Å². The number of carbonyl (C=O) groups excluding carboxylic acids is 2. The van der Waals surface area contributed by atoms with Crippen LogP contribution in [0.5, 0.6) is 0 Å². The molecule has 1 heterocycles. The van der Waals surface area contributed by atoms with Crippen molar-refractivity contribution in [3.8, 4) is 0 Å². The molecule has 2 aromatic rings. The van der Waals surface area contributed by atoms with Gasteiger partial charge in [0, 0.05) is 19.2 Å². The van der Waals surface area contributed by atoms with Gasteiger partial charge in [0.25, 0.3) is 11.6 Å². The summed E-state index contributed by atoms with van der Waals surface area (Å²) in [5.41, 5.74) is 0.0239. The van der Waals surface area contributed by atoms with Gasteiger partial charge in [0.2, 0.25) is 0 Å². The topological polar surface area (TPSA) is 128 Å². The van der Waals surface area contributed by atoms with Gasteiger partial charge < -0.3 is 15.4 Å². The van der Waals surface area contributed by atoms with E-state index in [1.165, 1.54) is 12.1 Å². The number of nitrogens with one attached hydrogen (secondary N) is 2. The van der Waals surface area contributed by atoms with Gasteiger partial charge in [-0.3, -0.25) is 14.9 Å². The molecule has 0 radical (unpaired) electrons. The predicted octanol–water partition coefficient (Wildman–Crippen LogP) is 2.74. The van der Waals surface area contributed by atoms with Gasteiger partial charge in [-0.25, -0.2) is 9.48 Å². The zero-order chi connectivity index (χ0) is 20.1. The van der Waals surface area contributed by atoms with Crippen LogP contribution in [0, 0.1) is 10.1 Å². The summed E-state index contributed by atoms with van der Waals surface area (Å²) in [7, 11) is 1.54. The van der Waals surface area contributed by atoms with Crippen molar-refractivity contribution >= 4 is 29.1 Å². The van der Waals surface area contributed by atoms with Crippen molar-refractivity contribution in [2.45, 2.75) is 31.7 Å². The van der Waals surface area contributed by atoms with Crippen LogP contribution in [0.15, 0.2) is 30.5 Å². The van der Waals surface area contributed by atoms with Gasteiger partial charge >= 0.3 is 5.97 Å². The van der Waals surface area contributed by atoms with Crippen molar-refractivity contribution in [3.63, 3.8) is 0 Å². The lowest BCUT2D eigenvalue weighted by molar-refractivity contribution is -0.384. The van der Waals surface area contributed by atoms with Gasteiger partial charge in [0.05, 0.1) is 22.7 Å².